The molecule has 1 unspecified atom stereocenters. The fraction of sp³-hybridized carbons (Fsp3) is 0.636. The lowest BCUT2D eigenvalue weighted by atomic mass is 9.95. The van der Waals surface area contributed by atoms with Gasteiger partial charge in [-0.15, -0.1) is 5.10 Å². The molecule has 98 valence electrons. The van der Waals surface area contributed by atoms with Crippen molar-refractivity contribution in [3.8, 4) is 0 Å². The topological polar surface area (TPSA) is 94.0 Å². The first-order valence-corrected chi connectivity index (χ1v) is 6.27. The quantitative estimate of drug-likeness (QED) is 0.782. The van der Waals surface area contributed by atoms with E-state index in [2.05, 4.69) is 39.7 Å². The predicted molar refractivity (Wildman–Crippen MR) is 69.1 cm³/mol. The van der Waals surface area contributed by atoms with Crippen molar-refractivity contribution in [3.63, 3.8) is 0 Å². The van der Waals surface area contributed by atoms with Crippen LogP contribution in [0, 0.1) is 5.92 Å². The molecule has 18 heavy (non-hydrogen) atoms. The lowest BCUT2D eigenvalue weighted by Crippen LogP contribution is -2.36. The highest BCUT2D eigenvalue weighted by Gasteiger charge is 2.14. The average molecular weight is 249 g/mol. The fourth-order valence-corrected chi connectivity index (χ4v) is 2.08. The van der Waals surface area contributed by atoms with Gasteiger partial charge in [0, 0.05) is 12.6 Å². The highest BCUT2D eigenvalue weighted by Crippen LogP contribution is 2.12. The maximum Gasteiger partial charge on any atom is 0.199 e. The van der Waals surface area contributed by atoms with Gasteiger partial charge in [-0.2, -0.15) is 4.52 Å². The van der Waals surface area contributed by atoms with Gasteiger partial charge in [0.2, 0.25) is 0 Å². The molecule has 1 atom stereocenters. The Morgan fingerprint density at radius 3 is 2.83 bits per heavy atom. The minimum atomic E-state index is 0.117. The Kier molecular flexibility index (Phi) is 4.03. The van der Waals surface area contributed by atoms with Crippen molar-refractivity contribution in [2.45, 2.75) is 32.7 Å². The number of nitrogens with one attached hydrogen (secondary N) is 1. The standard InChI is InChI=1S/C11H19N7/c1-3-8(4-2)9(12)5-14-10-6-13-7-11-15-16-17-18(10)11/h6-9,14H,3-5,12H2,1-2H3. The Hall–Kier alpha value is -1.76. The molecule has 0 aliphatic carbocycles. The van der Waals surface area contributed by atoms with Gasteiger partial charge in [-0.05, 0) is 16.3 Å². The second kappa shape index (κ2) is 5.72. The third kappa shape index (κ3) is 2.56. The number of fused-ring (bicyclic) bond motifs is 1. The molecule has 0 saturated carbocycles. The molecule has 0 aromatic carbocycles. The Morgan fingerprint density at radius 1 is 1.33 bits per heavy atom. The molecular weight excluding hydrogens is 230 g/mol. The number of aromatic nitrogens is 5. The summed E-state index contributed by atoms with van der Waals surface area (Å²) in [5, 5.41) is 14.6. The van der Waals surface area contributed by atoms with Crippen LogP contribution in [0.15, 0.2) is 12.4 Å². The Morgan fingerprint density at radius 2 is 2.11 bits per heavy atom. The smallest absolute Gasteiger partial charge is 0.199 e. The van der Waals surface area contributed by atoms with Crippen LogP contribution in [0.3, 0.4) is 0 Å². The van der Waals surface area contributed by atoms with Crippen molar-refractivity contribution in [2.75, 3.05) is 11.9 Å². The molecule has 0 spiro atoms. The van der Waals surface area contributed by atoms with Crippen molar-refractivity contribution in [2.24, 2.45) is 11.7 Å². The first-order valence-electron chi connectivity index (χ1n) is 6.27. The summed E-state index contributed by atoms with van der Waals surface area (Å²) in [5.74, 6) is 1.29. The number of hydrogen-bond donors (Lipinski definition) is 2. The lowest BCUT2D eigenvalue weighted by Gasteiger charge is -2.21. The molecule has 7 nitrogen and oxygen atoms in total. The summed E-state index contributed by atoms with van der Waals surface area (Å²) in [6.45, 7) is 5.02. The summed E-state index contributed by atoms with van der Waals surface area (Å²) in [6.07, 6.45) is 5.49. The van der Waals surface area contributed by atoms with Crippen LogP contribution in [0.5, 0.6) is 0 Å². The second-order valence-corrected chi connectivity index (χ2v) is 4.36. The summed E-state index contributed by atoms with van der Waals surface area (Å²) in [4.78, 5) is 4.08. The molecule has 2 heterocycles. The zero-order chi connectivity index (χ0) is 13.0. The van der Waals surface area contributed by atoms with Gasteiger partial charge in [-0.25, -0.2) is 0 Å². The zero-order valence-corrected chi connectivity index (χ0v) is 10.7. The van der Waals surface area contributed by atoms with Crippen LogP contribution in [-0.4, -0.2) is 37.6 Å². The summed E-state index contributed by atoms with van der Waals surface area (Å²) in [6, 6.07) is 0.117. The molecule has 0 aliphatic heterocycles. The van der Waals surface area contributed by atoms with Gasteiger partial charge < -0.3 is 11.1 Å². The summed E-state index contributed by atoms with van der Waals surface area (Å²) < 4.78 is 1.62. The van der Waals surface area contributed by atoms with Crippen LogP contribution in [-0.2, 0) is 0 Å². The van der Waals surface area contributed by atoms with E-state index < -0.39 is 0 Å². The van der Waals surface area contributed by atoms with Crippen molar-refractivity contribution in [1.29, 1.82) is 0 Å². The molecule has 0 radical (unpaired) electrons. The van der Waals surface area contributed by atoms with Gasteiger partial charge in [-0.1, -0.05) is 26.7 Å². The molecule has 2 aromatic heterocycles. The van der Waals surface area contributed by atoms with Gasteiger partial charge in [0.05, 0.1) is 12.4 Å². The van der Waals surface area contributed by atoms with Crippen LogP contribution in [0.2, 0.25) is 0 Å². The van der Waals surface area contributed by atoms with Crippen LogP contribution in [0.1, 0.15) is 26.7 Å². The van der Waals surface area contributed by atoms with Crippen molar-refractivity contribution in [3.05, 3.63) is 12.4 Å². The van der Waals surface area contributed by atoms with E-state index in [1.54, 1.807) is 16.9 Å². The maximum absolute atomic E-state index is 6.16. The predicted octanol–water partition coefficient (Wildman–Crippen LogP) is 0.695. The zero-order valence-electron chi connectivity index (χ0n) is 10.7. The highest BCUT2D eigenvalue weighted by atomic mass is 15.5. The monoisotopic (exact) mass is 249 g/mol. The van der Waals surface area contributed by atoms with E-state index >= 15 is 0 Å². The van der Waals surface area contributed by atoms with Gasteiger partial charge in [-0.3, -0.25) is 4.98 Å². The van der Waals surface area contributed by atoms with Gasteiger partial charge in [0.25, 0.3) is 0 Å². The second-order valence-electron chi connectivity index (χ2n) is 4.36. The molecule has 0 saturated heterocycles. The van der Waals surface area contributed by atoms with E-state index in [0.717, 1.165) is 18.7 Å². The largest absolute Gasteiger partial charge is 0.367 e. The van der Waals surface area contributed by atoms with Gasteiger partial charge in [0.1, 0.15) is 5.82 Å². The van der Waals surface area contributed by atoms with Crippen molar-refractivity contribution >= 4 is 11.5 Å². The molecule has 0 fully saturated rings. The van der Waals surface area contributed by atoms with E-state index in [9.17, 15) is 0 Å². The summed E-state index contributed by atoms with van der Waals surface area (Å²) >= 11 is 0. The van der Waals surface area contributed by atoms with E-state index in [-0.39, 0.29) is 6.04 Å². The third-order valence-corrected chi connectivity index (χ3v) is 3.28. The van der Waals surface area contributed by atoms with E-state index in [1.807, 2.05) is 0 Å². The minimum Gasteiger partial charge on any atom is -0.367 e. The molecule has 2 aromatic rings. The molecule has 7 heteroatoms. The first kappa shape index (κ1) is 12.7. The minimum absolute atomic E-state index is 0.117. The number of rotatable bonds is 6. The van der Waals surface area contributed by atoms with E-state index in [1.165, 1.54) is 0 Å². The van der Waals surface area contributed by atoms with Crippen LogP contribution >= 0.6 is 0 Å². The lowest BCUT2D eigenvalue weighted by molar-refractivity contribution is 0.407. The Bertz CT molecular complexity index is 491. The summed E-state index contributed by atoms with van der Waals surface area (Å²) in [5.41, 5.74) is 6.78. The Labute approximate surface area is 106 Å². The van der Waals surface area contributed by atoms with E-state index in [4.69, 9.17) is 5.73 Å². The number of nitrogens with zero attached hydrogens (tertiary/aromatic N) is 5. The number of anilines is 1. The first-order chi connectivity index (χ1) is 8.76. The van der Waals surface area contributed by atoms with Crippen molar-refractivity contribution < 1.29 is 0 Å². The maximum atomic E-state index is 6.16. The van der Waals surface area contributed by atoms with Gasteiger partial charge >= 0.3 is 0 Å². The van der Waals surface area contributed by atoms with Crippen LogP contribution in [0.4, 0.5) is 5.82 Å². The van der Waals surface area contributed by atoms with Crippen molar-refractivity contribution in [1.82, 2.24) is 25.0 Å². The highest BCUT2D eigenvalue weighted by molar-refractivity contribution is 5.43. The molecule has 0 amide bonds. The summed E-state index contributed by atoms with van der Waals surface area (Å²) in [7, 11) is 0. The molecular formula is C11H19N7. The number of nitrogens with two attached hydrogens (primary N) is 1. The number of tetrazole rings is 1. The third-order valence-electron chi connectivity index (χ3n) is 3.28. The number of hydrogen-bond acceptors (Lipinski definition) is 6. The molecule has 3 N–H and O–H groups in total. The van der Waals surface area contributed by atoms with E-state index in [0.29, 0.717) is 18.1 Å². The Balaban J connectivity index is 2.04. The molecule has 0 bridgehead atoms. The average Bonchev–Trinajstić information content (AvgIpc) is 2.86. The normalized spacial score (nSPS) is 13.1. The molecule has 2 rings (SSSR count). The SMILES string of the molecule is CCC(CC)C(N)CNc1cncc2nnnn12. The van der Waals surface area contributed by atoms with Gasteiger partial charge in [0.15, 0.2) is 5.65 Å². The molecule has 0 aliphatic rings. The van der Waals surface area contributed by atoms with Crippen LogP contribution < -0.4 is 11.1 Å². The van der Waals surface area contributed by atoms with Crippen LogP contribution in [0.25, 0.3) is 5.65 Å². The fourth-order valence-electron chi connectivity index (χ4n) is 2.08.